The zero-order valence-corrected chi connectivity index (χ0v) is 20.2. The van der Waals surface area contributed by atoms with E-state index >= 15 is 0 Å². The van der Waals surface area contributed by atoms with Crippen LogP contribution in [-0.4, -0.2) is 30.4 Å². The fourth-order valence-corrected chi connectivity index (χ4v) is 4.58. The Balaban J connectivity index is 1.39. The summed E-state index contributed by atoms with van der Waals surface area (Å²) in [4.78, 5) is 12.8. The molecular formula is C28H32O5. The van der Waals surface area contributed by atoms with E-state index in [9.17, 15) is 9.90 Å². The van der Waals surface area contributed by atoms with E-state index in [4.69, 9.17) is 14.2 Å². The number of hydrogen-bond acceptors (Lipinski definition) is 5. The van der Waals surface area contributed by atoms with E-state index < -0.39 is 5.60 Å². The zero-order valence-electron chi connectivity index (χ0n) is 20.2. The Hall–Kier alpha value is -3.21. The topological polar surface area (TPSA) is 65.0 Å². The minimum absolute atomic E-state index is 0.247. The SMILES string of the molecule is COc1ccc2cc([C@H](C)C(=O)OCCC3(C)Cc4c(C)c(O)c(C)c(C)c4O3)ccc2c1. The maximum atomic E-state index is 12.8. The summed E-state index contributed by atoms with van der Waals surface area (Å²) < 4.78 is 17.3. The molecule has 0 spiro atoms. The van der Waals surface area contributed by atoms with Crippen LogP contribution in [0.25, 0.3) is 10.8 Å². The number of methoxy groups -OCH3 is 1. The molecule has 1 unspecified atom stereocenters. The minimum Gasteiger partial charge on any atom is -0.507 e. The van der Waals surface area contributed by atoms with Crippen LogP contribution in [0.5, 0.6) is 17.2 Å². The third-order valence-electron chi connectivity index (χ3n) is 7.04. The minimum atomic E-state index is -0.469. The van der Waals surface area contributed by atoms with Gasteiger partial charge in [0, 0.05) is 18.4 Å². The maximum absolute atomic E-state index is 12.8. The van der Waals surface area contributed by atoms with Gasteiger partial charge < -0.3 is 19.3 Å². The predicted octanol–water partition coefficient (Wildman–Crippen LogP) is 5.91. The summed E-state index contributed by atoms with van der Waals surface area (Å²) in [6, 6.07) is 11.9. The Morgan fingerprint density at radius 1 is 1.09 bits per heavy atom. The van der Waals surface area contributed by atoms with E-state index in [1.165, 1.54) is 0 Å². The largest absolute Gasteiger partial charge is 0.507 e. The molecule has 1 heterocycles. The van der Waals surface area contributed by atoms with Crippen LogP contribution in [0.15, 0.2) is 36.4 Å². The van der Waals surface area contributed by atoms with Crippen LogP contribution in [0.1, 0.15) is 54.0 Å². The van der Waals surface area contributed by atoms with Crippen molar-refractivity contribution in [3.63, 3.8) is 0 Å². The van der Waals surface area contributed by atoms with Gasteiger partial charge in [-0.15, -0.1) is 0 Å². The lowest BCUT2D eigenvalue weighted by atomic mass is 9.91. The van der Waals surface area contributed by atoms with Crippen molar-refractivity contribution in [1.82, 2.24) is 0 Å². The first-order valence-corrected chi connectivity index (χ1v) is 11.4. The van der Waals surface area contributed by atoms with Gasteiger partial charge in [-0.3, -0.25) is 4.79 Å². The number of fused-ring (bicyclic) bond motifs is 2. The standard InChI is InChI=1S/C28H32O5/c1-16-17(2)26-24(19(4)25(16)29)15-28(5,33-26)11-12-32-27(30)18(3)20-7-8-22-14-23(31-6)10-9-21(22)13-20/h7-10,13-14,18,29H,11-12,15H2,1-6H3/t18-,28?/m0/s1. The van der Waals surface area contributed by atoms with Crippen molar-refractivity contribution in [3.05, 3.63) is 64.2 Å². The van der Waals surface area contributed by atoms with Gasteiger partial charge in [-0.1, -0.05) is 24.3 Å². The summed E-state index contributed by atoms with van der Waals surface area (Å²) in [7, 11) is 1.65. The molecule has 174 valence electrons. The lowest BCUT2D eigenvalue weighted by Crippen LogP contribution is -2.32. The molecule has 0 aliphatic carbocycles. The number of phenols is 1. The summed E-state index contributed by atoms with van der Waals surface area (Å²) in [5, 5.41) is 12.5. The third kappa shape index (κ3) is 4.24. The van der Waals surface area contributed by atoms with Crippen molar-refractivity contribution in [2.24, 2.45) is 0 Å². The van der Waals surface area contributed by atoms with Gasteiger partial charge in [0.1, 0.15) is 22.8 Å². The van der Waals surface area contributed by atoms with Crippen molar-refractivity contribution >= 4 is 16.7 Å². The van der Waals surface area contributed by atoms with Crippen LogP contribution < -0.4 is 9.47 Å². The number of carbonyl (C=O) groups is 1. The lowest BCUT2D eigenvalue weighted by Gasteiger charge is -2.24. The van der Waals surface area contributed by atoms with E-state index in [1.54, 1.807) is 7.11 Å². The molecule has 0 radical (unpaired) electrons. The molecule has 5 heteroatoms. The van der Waals surface area contributed by atoms with E-state index in [0.717, 1.165) is 50.1 Å². The van der Waals surface area contributed by atoms with Crippen molar-refractivity contribution in [1.29, 1.82) is 0 Å². The zero-order chi connectivity index (χ0) is 23.9. The first-order valence-electron chi connectivity index (χ1n) is 11.4. The first-order chi connectivity index (χ1) is 15.6. The lowest BCUT2D eigenvalue weighted by molar-refractivity contribution is -0.146. The molecule has 3 aromatic carbocycles. The summed E-state index contributed by atoms with van der Waals surface area (Å²) in [6.45, 7) is 9.99. The molecule has 1 N–H and O–H groups in total. The fourth-order valence-electron chi connectivity index (χ4n) is 4.58. The fraction of sp³-hybridized carbons (Fsp3) is 0.393. The maximum Gasteiger partial charge on any atom is 0.313 e. The van der Waals surface area contributed by atoms with E-state index in [0.29, 0.717) is 18.6 Å². The second-order valence-electron chi connectivity index (χ2n) is 9.37. The van der Waals surface area contributed by atoms with Crippen molar-refractivity contribution in [2.45, 2.75) is 59.0 Å². The second kappa shape index (κ2) is 8.62. The normalized spacial score (nSPS) is 18.0. The number of hydrogen-bond donors (Lipinski definition) is 1. The summed E-state index contributed by atoms with van der Waals surface area (Å²) in [5.74, 6) is 1.40. The Bertz CT molecular complexity index is 1190. The van der Waals surface area contributed by atoms with Gasteiger partial charge in [0.2, 0.25) is 0 Å². The number of esters is 1. The molecule has 0 saturated carbocycles. The van der Waals surface area contributed by atoms with Gasteiger partial charge in [0.25, 0.3) is 0 Å². The number of benzene rings is 3. The van der Waals surface area contributed by atoms with Crippen LogP contribution in [-0.2, 0) is 16.0 Å². The van der Waals surface area contributed by atoms with Crippen LogP contribution in [0, 0.1) is 20.8 Å². The molecule has 0 aromatic heterocycles. The Morgan fingerprint density at radius 3 is 2.52 bits per heavy atom. The highest BCUT2D eigenvalue weighted by atomic mass is 16.5. The van der Waals surface area contributed by atoms with E-state index in [1.807, 2.05) is 71.0 Å². The second-order valence-corrected chi connectivity index (χ2v) is 9.37. The highest BCUT2D eigenvalue weighted by Crippen LogP contribution is 2.45. The first kappa shape index (κ1) is 23.0. The van der Waals surface area contributed by atoms with Crippen LogP contribution >= 0.6 is 0 Å². The van der Waals surface area contributed by atoms with Crippen LogP contribution in [0.3, 0.4) is 0 Å². The average Bonchev–Trinajstić information content (AvgIpc) is 3.17. The number of aromatic hydroxyl groups is 1. The van der Waals surface area contributed by atoms with Gasteiger partial charge in [-0.05, 0) is 79.8 Å². The Morgan fingerprint density at radius 2 is 1.79 bits per heavy atom. The quantitative estimate of drug-likeness (QED) is 0.475. The predicted molar refractivity (Wildman–Crippen MR) is 130 cm³/mol. The van der Waals surface area contributed by atoms with E-state index in [2.05, 4.69) is 0 Å². The molecule has 4 rings (SSSR count). The van der Waals surface area contributed by atoms with Crippen molar-refractivity contribution < 1.29 is 24.1 Å². The Kier molecular flexibility index (Phi) is 6.00. The molecule has 2 atom stereocenters. The number of carbonyl (C=O) groups excluding carboxylic acids is 1. The molecule has 33 heavy (non-hydrogen) atoms. The van der Waals surface area contributed by atoms with Crippen molar-refractivity contribution in [3.8, 4) is 17.2 Å². The highest BCUT2D eigenvalue weighted by molar-refractivity contribution is 5.86. The molecule has 0 saturated heterocycles. The van der Waals surface area contributed by atoms with E-state index in [-0.39, 0.29) is 18.5 Å². The van der Waals surface area contributed by atoms with Crippen LogP contribution in [0.4, 0.5) is 0 Å². The smallest absolute Gasteiger partial charge is 0.313 e. The van der Waals surface area contributed by atoms with Crippen LogP contribution in [0.2, 0.25) is 0 Å². The molecule has 5 nitrogen and oxygen atoms in total. The van der Waals surface area contributed by atoms with Gasteiger partial charge in [0.15, 0.2) is 0 Å². The van der Waals surface area contributed by atoms with Crippen molar-refractivity contribution in [2.75, 3.05) is 13.7 Å². The monoisotopic (exact) mass is 448 g/mol. The highest BCUT2D eigenvalue weighted by Gasteiger charge is 2.38. The molecule has 0 bridgehead atoms. The summed E-state index contributed by atoms with van der Waals surface area (Å²) in [5.41, 5.74) is 4.19. The number of ether oxygens (including phenoxy) is 3. The number of phenolic OH excluding ortho intramolecular Hbond substituents is 1. The molecule has 1 aliphatic rings. The van der Waals surface area contributed by atoms with Gasteiger partial charge in [0.05, 0.1) is 19.6 Å². The Labute approximate surface area is 195 Å². The average molecular weight is 449 g/mol. The number of rotatable bonds is 6. The molecule has 0 fully saturated rings. The molecule has 3 aromatic rings. The summed E-state index contributed by atoms with van der Waals surface area (Å²) in [6.07, 6.45) is 1.26. The molecule has 0 amide bonds. The molecule has 1 aliphatic heterocycles. The van der Waals surface area contributed by atoms with Gasteiger partial charge >= 0.3 is 5.97 Å². The third-order valence-corrected chi connectivity index (χ3v) is 7.04. The van der Waals surface area contributed by atoms with Gasteiger partial charge in [-0.25, -0.2) is 0 Å². The summed E-state index contributed by atoms with van der Waals surface area (Å²) >= 11 is 0. The van der Waals surface area contributed by atoms with Gasteiger partial charge in [-0.2, -0.15) is 0 Å². The molecular weight excluding hydrogens is 416 g/mol.